The number of carbonyl (C=O) groups is 2. The first-order chi connectivity index (χ1) is 7.10. The molecule has 15 heavy (non-hydrogen) atoms. The van der Waals surface area contributed by atoms with Crippen LogP contribution in [0.4, 0.5) is 4.79 Å². The van der Waals surface area contributed by atoms with Gasteiger partial charge in [-0.3, -0.25) is 15.0 Å². The van der Waals surface area contributed by atoms with Gasteiger partial charge in [0, 0.05) is 13.1 Å². The lowest BCUT2D eigenvalue weighted by Gasteiger charge is -2.19. The Labute approximate surface area is 90.0 Å². The van der Waals surface area contributed by atoms with Crippen molar-refractivity contribution in [2.75, 3.05) is 26.2 Å². The number of rotatable bonds is 7. The summed E-state index contributed by atoms with van der Waals surface area (Å²) in [5.41, 5.74) is 10.2. The molecule has 3 amide bonds. The number of nitrogens with zero attached hydrogens (tertiary/aromatic N) is 1. The molecule has 0 aromatic heterocycles. The van der Waals surface area contributed by atoms with Crippen LogP contribution in [0.15, 0.2) is 0 Å². The second kappa shape index (κ2) is 8.19. The van der Waals surface area contributed by atoms with Crippen LogP contribution in [0.3, 0.4) is 0 Å². The minimum absolute atomic E-state index is 0.167. The molecule has 6 nitrogen and oxygen atoms in total. The van der Waals surface area contributed by atoms with E-state index in [1.807, 2.05) is 10.2 Å². The third kappa shape index (κ3) is 7.90. The van der Waals surface area contributed by atoms with E-state index < -0.39 is 6.03 Å². The first-order valence-corrected chi connectivity index (χ1v) is 5.11. The Hall–Kier alpha value is -1.14. The van der Waals surface area contributed by atoms with Gasteiger partial charge in [-0.05, 0) is 13.0 Å². The first kappa shape index (κ1) is 13.9. The summed E-state index contributed by atoms with van der Waals surface area (Å²) in [6.45, 7) is 4.18. The van der Waals surface area contributed by atoms with Gasteiger partial charge in [0.2, 0.25) is 5.91 Å². The molecule has 0 aliphatic heterocycles. The van der Waals surface area contributed by atoms with Crippen LogP contribution in [-0.4, -0.2) is 43.0 Å². The van der Waals surface area contributed by atoms with Gasteiger partial charge in [0.25, 0.3) is 0 Å². The standard InChI is InChI=1S/C9H20N4O2/c1-2-3-5-13(6-4-10)7-8(14)12-9(11)15/h2-7,10H2,1H3,(H3,11,12,14,15). The van der Waals surface area contributed by atoms with Crippen LogP contribution in [0.1, 0.15) is 19.8 Å². The SMILES string of the molecule is CCCCN(CCN)CC(=O)NC(N)=O. The molecule has 0 unspecified atom stereocenters. The van der Waals surface area contributed by atoms with E-state index in [-0.39, 0.29) is 12.5 Å². The number of hydrogen-bond acceptors (Lipinski definition) is 4. The lowest BCUT2D eigenvalue weighted by Crippen LogP contribution is -2.43. The van der Waals surface area contributed by atoms with Crippen molar-refractivity contribution in [1.29, 1.82) is 0 Å². The third-order valence-corrected chi connectivity index (χ3v) is 1.90. The largest absolute Gasteiger partial charge is 0.351 e. The summed E-state index contributed by atoms with van der Waals surface area (Å²) in [4.78, 5) is 23.5. The molecule has 6 heteroatoms. The molecule has 0 spiro atoms. The zero-order valence-corrected chi connectivity index (χ0v) is 9.16. The Kier molecular flexibility index (Phi) is 7.57. The monoisotopic (exact) mass is 216 g/mol. The van der Waals surface area contributed by atoms with Crippen LogP contribution in [0.2, 0.25) is 0 Å². The van der Waals surface area contributed by atoms with Crippen molar-refractivity contribution in [2.45, 2.75) is 19.8 Å². The number of nitrogens with two attached hydrogens (primary N) is 2. The number of nitrogens with one attached hydrogen (secondary N) is 1. The van der Waals surface area contributed by atoms with Crippen molar-refractivity contribution in [3.63, 3.8) is 0 Å². The summed E-state index contributed by atoms with van der Waals surface area (Å²) in [6.07, 6.45) is 2.06. The van der Waals surface area contributed by atoms with Gasteiger partial charge >= 0.3 is 6.03 Å². The second-order valence-electron chi connectivity index (χ2n) is 3.33. The van der Waals surface area contributed by atoms with Crippen molar-refractivity contribution in [2.24, 2.45) is 11.5 Å². The molecule has 0 atom stereocenters. The van der Waals surface area contributed by atoms with Crippen molar-refractivity contribution < 1.29 is 9.59 Å². The number of primary amides is 1. The molecular formula is C9H20N4O2. The highest BCUT2D eigenvalue weighted by atomic mass is 16.2. The van der Waals surface area contributed by atoms with Gasteiger partial charge in [0.05, 0.1) is 6.54 Å². The Balaban J connectivity index is 3.91. The van der Waals surface area contributed by atoms with Gasteiger partial charge in [-0.15, -0.1) is 0 Å². The molecule has 0 heterocycles. The molecule has 0 aromatic carbocycles. The van der Waals surface area contributed by atoms with Crippen LogP contribution in [-0.2, 0) is 4.79 Å². The molecule has 88 valence electrons. The van der Waals surface area contributed by atoms with Crippen LogP contribution in [0.5, 0.6) is 0 Å². The lowest BCUT2D eigenvalue weighted by molar-refractivity contribution is -0.121. The summed E-state index contributed by atoms with van der Waals surface area (Å²) in [5, 5.41) is 2.03. The van der Waals surface area contributed by atoms with E-state index >= 15 is 0 Å². The maximum absolute atomic E-state index is 11.2. The highest BCUT2D eigenvalue weighted by Gasteiger charge is 2.10. The van der Waals surface area contributed by atoms with E-state index in [1.54, 1.807) is 0 Å². The van der Waals surface area contributed by atoms with Crippen LogP contribution < -0.4 is 16.8 Å². The van der Waals surface area contributed by atoms with Crippen LogP contribution in [0.25, 0.3) is 0 Å². The van der Waals surface area contributed by atoms with E-state index in [0.29, 0.717) is 13.1 Å². The minimum Gasteiger partial charge on any atom is -0.351 e. The Morgan fingerprint density at radius 1 is 1.33 bits per heavy atom. The van der Waals surface area contributed by atoms with Gasteiger partial charge in [0.15, 0.2) is 0 Å². The second-order valence-corrected chi connectivity index (χ2v) is 3.33. The first-order valence-electron chi connectivity index (χ1n) is 5.11. The van der Waals surface area contributed by atoms with Gasteiger partial charge in [-0.25, -0.2) is 4.79 Å². The molecule has 0 aliphatic rings. The smallest absolute Gasteiger partial charge is 0.318 e. The van der Waals surface area contributed by atoms with Gasteiger partial charge in [-0.1, -0.05) is 13.3 Å². The van der Waals surface area contributed by atoms with Gasteiger partial charge in [0.1, 0.15) is 0 Å². The summed E-state index contributed by atoms with van der Waals surface area (Å²) in [7, 11) is 0. The quantitative estimate of drug-likeness (QED) is 0.520. The average Bonchev–Trinajstić information content (AvgIpc) is 2.13. The minimum atomic E-state index is -0.816. The molecule has 0 rings (SSSR count). The van der Waals surface area contributed by atoms with E-state index in [2.05, 4.69) is 6.92 Å². The Morgan fingerprint density at radius 2 is 2.00 bits per heavy atom. The predicted molar refractivity (Wildman–Crippen MR) is 58.1 cm³/mol. The molecular weight excluding hydrogens is 196 g/mol. The van der Waals surface area contributed by atoms with Crippen LogP contribution >= 0.6 is 0 Å². The Morgan fingerprint density at radius 3 is 2.47 bits per heavy atom. The average molecular weight is 216 g/mol. The predicted octanol–water partition coefficient (Wildman–Crippen LogP) is -0.758. The molecule has 0 aromatic rings. The molecule has 5 N–H and O–H groups in total. The normalized spacial score (nSPS) is 10.3. The number of carbonyl (C=O) groups excluding carboxylic acids is 2. The molecule has 0 saturated heterocycles. The molecule has 0 bridgehead atoms. The van der Waals surface area contributed by atoms with Gasteiger partial charge in [-0.2, -0.15) is 0 Å². The fourth-order valence-electron chi connectivity index (χ4n) is 1.21. The van der Waals surface area contributed by atoms with E-state index in [1.165, 1.54) is 0 Å². The zero-order valence-electron chi connectivity index (χ0n) is 9.16. The summed E-state index contributed by atoms with van der Waals surface area (Å²) < 4.78 is 0. The maximum Gasteiger partial charge on any atom is 0.318 e. The number of hydrogen-bond donors (Lipinski definition) is 3. The molecule has 0 fully saturated rings. The van der Waals surface area contributed by atoms with Crippen molar-refractivity contribution in [1.82, 2.24) is 10.2 Å². The number of imide groups is 1. The maximum atomic E-state index is 11.2. The van der Waals surface area contributed by atoms with Crippen molar-refractivity contribution in [3.05, 3.63) is 0 Å². The highest BCUT2D eigenvalue weighted by Crippen LogP contribution is 1.93. The molecule has 0 aliphatic carbocycles. The highest BCUT2D eigenvalue weighted by molar-refractivity contribution is 5.94. The molecule has 0 saturated carbocycles. The number of amides is 3. The number of unbranched alkanes of at least 4 members (excludes halogenated alkanes) is 1. The zero-order chi connectivity index (χ0) is 11.7. The lowest BCUT2D eigenvalue weighted by atomic mass is 10.3. The van der Waals surface area contributed by atoms with Crippen molar-refractivity contribution >= 4 is 11.9 Å². The number of urea groups is 1. The van der Waals surface area contributed by atoms with E-state index in [9.17, 15) is 9.59 Å². The summed E-state index contributed by atoms with van der Waals surface area (Å²) >= 11 is 0. The fraction of sp³-hybridized carbons (Fsp3) is 0.778. The van der Waals surface area contributed by atoms with E-state index in [0.717, 1.165) is 19.4 Å². The van der Waals surface area contributed by atoms with E-state index in [4.69, 9.17) is 11.5 Å². The third-order valence-electron chi connectivity index (χ3n) is 1.90. The topological polar surface area (TPSA) is 101 Å². The van der Waals surface area contributed by atoms with Gasteiger partial charge < -0.3 is 11.5 Å². The summed E-state index contributed by atoms with van der Waals surface area (Å²) in [6, 6.07) is -0.816. The molecule has 0 radical (unpaired) electrons. The summed E-state index contributed by atoms with van der Waals surface area (Å²) in [5.74, 6) is -0.382. The van der Waals surface area contributed by atoms with Crippen LogP contribution in [0, 0.1) is 0 Å². The van der Waals surface area contributed by atoms with Crippen molar-refractivity contribution in [3.8, 4) is 0 Å². The Bertz CT molecular complexity index is 208. The fourth-order valence-corrected chi connectivity index (χ4v) is 1.21.